The van der Waals surface area contributed by atoms with Gasteiger partial charge in [0.25, 0.3) is 11.8 Å². The van der Waals surface area contributed by atoms with Crippen molar-refractivity contribution < 1.29 is 82.0 Å². The number of esters is 1. The Morgan fingerprint density at radius 2 is 1.00 bits per heavy atom. The molecule has 8 N–H and O–H groups in total. The van der Waals surface area contributed by atoms with E-state index in [-0.39, 0.29) is 36.2 Å². The van der Waals surface area contributed by atoms with Gasteiger partial charge in [0.05, 0.1) is 0 Å². The Hall–Kier alpha value is -3.29. The van der Waals surface area contributed by atoms with E-state index in [2.05, 4.69) is 32.1 Å². The molecule has 63 heavy (non-hydrogen) atoms. The number of nitrogens with one attached hydrogen (secondary N) is 6. The van der Waals surface area contributed by atoms with E-state index in [1.54, 1.807) is 69.2 Å². The molecule has 25 heteroatoms. The summed E-state index contributed by atoms with van der Waals surface area (Å²) >= 11 is 16.8. The first-order valence-corrected chi connectivity index (χ1v) is 21.2. The number of nitrogens with zero attached hydrogens (tertiary/aromatic N) is 2. The van der Waals surface area contributed by atoms with Crippen LogP contribution in [0.2, 0.25) is 0 Å². The van der Waals surface area contributed by atoms with Crippen molar-refractivity contribution in [1.82, 2.24) is 42.1 Å². The monoisotopic (exact) mass is 954 g/mol. The number of hydrogen-bond acceptors (Lipinski definition) is 14. The van der Waals surface area contributed by atoms with Gasteiger partial charge in [-0.15, -0.1) is 0 Å². The van der Waals surface area contributed by atoms with E-state index in [1.165, 1.54) is 23.9 Å². The molecule has 0 radical (unpaired) electrons. The molecule has 0 spiro atoms. The van der Waals surface area contributed by atoms with Crippen molar-refractivity contribution in [3.05, 3.63) is 0 Å². The van der Waals surface area contributed by atoms with Crippen molar-refractivity contribution in [2.75, 3.05) is 19.7 Å². The molecule has 2 saturated heterocycles. The van der Waals surface area contributed by atoms with E-state index in [0.717, 1.165) is 0 Å². The number of ether oxygens (including phenoxy) is 3. The average Bonchev–Trinajstić information content (AvgIpc) is 3.12. The number of aliphatic carboxylic acids is 1. The zero-order valence-corrected chi connectivity index (χ0v) is 40.7. The van der Waals surface area contributed by atoms with Crippen LogP contribution in [-0.4, -0.2) is 139 Å². The topological polar surface area (TPSA) is 293 Å². The molecule has 21 nitrogen and oxygen atoms in total. The second kappa shape index (κ2) is 27.2. The SMILES string of the molecule is CC(C)[C@H](NC(=O)OC(C)(C)C)C(=O)N[C@@H](C)C(=O)N1CCC[C@@H](C(=O)O)N1.CC(C)[C@H](NC(=O)OC(C)(C)C)C(=O)N[C@@H](C)C(=O)N1CCC[C@@H](C(=O)OCC(Cl)(Cl)Cl)N1.[Li+].[OH-]. The van der Waals surface area contributed by atoms with Crippen molar-refractivity contribution in [2.24, 2.45) is 11.8 Å². The number of hydrogen-bond donors (Lipinski definition) is 7. The number of rotatable bonds is 13. The summed E-state index contributed by atoms with van der Waals surface area (Å²) < 4.78 is 13.6. The molecule has 2 fully saturated rings. The first-order chi connectivity index (χ1) is 27.8. The molecule has 2 aliphatic heterocycles. The largest absolute Gasteiger partial charge is 1.00 e. The van der Waals surface area contributed by atoms with E-state index in [0.29, 0.717) is 38.8 Å². The molecule has 0 unspecified atom stereocenters. The van der Waals surface area contributed by atoms with E-state index in [4.69, 9.17) is 54.1 Å². The number of hydrazine groups is 2. The molecule has 358 valence electrons. The van der Waals surface area contributed by atoms with Crippen LogP contribution in [0.4, 0.5) is 9.59 Å². The summed E-state index contributed by atoms with van der Waals surface area (Å²) in [6.07, 6.45) is 0.479. The van der Waals surface area contributed by atoms with Crippen LogP contribution in [0, 0.1) is 11.8 Å². The summed E-state index contributed by atoms with van der Waals surface area (Å²) in [5.74, 6) is -4.14. The number of carbonyl (C=O) groups excluding carboxylic acids is 7. The van der Waals surface area contributed by atoms with Crippen molar-refractivity contribution in [1.29, 1.82) is 0 Å². The minimum atomic E-state index is -1.74. The van der Waals surface area contributed by atoms with Crippen LogP contribution < -0.4 is 51.0 Å². The number of carbonyl (C=O) groups is 8. The van der Waals surface area contributed by atoms with E-state index >= 15 is 0 Å². The smallest absolute Gasteiger partial charge is 0.870 e. The Bertz CT molecular complexity index is 1560. The second-order valence-electron chi connectivity index (χ2n) is 17.4. The Morgan fingerprint density at radius 3 is 1.32 bits per heavy atom. The fourth-order valence-electron chi connectivity index (χ4n) is 5.63. The summed E-state index contributed by atoms with van der Waals surface area (Å²) in [7, 11) is 0. The molecule has 2 heterocycles. The fraction of sp³-hybridized carbons (Fsp3) is 0.789. The third-order valence-corrected chi connectivity index (χ3v) is 8.89. The van der Waals surface area contributed by atoms with Crippen LogP contribution in [-0.2, 0) is 43.0 Å². The van der Waals surface area contributed by atoms with Gasteiger partial charge in [-0.1, -0.05) is 62.5 Å². The Labute approximate surface area is 396 Å². The molecule has 6 amide bonds. The first-order valence-electron chi connectivity index (χ1n) is 20.0. The Morgan fingerprint density at radius 1 is 0.651 bits per heavy atom. The van der Waals surface area contributed by atoms with E-state index in [9.17, 15) is 38.4 Å². The predicted octanol–water partition coefficient (Wildman–Crippen LogP) is -0.103. The zero-order valence-electron chi connectivity index (χ0n) is 38.5. The molecular formula is C38H66Cl3LiN8O13. The Balaban J connectivity index is 0. The quantitative estimate of drug-likeness (QED) is 0.0549. The second-order valence-corrected chi connectivity index (χ2v) is 19.9. The maximum atomic E-state index is 12.8. The number of carboxylic acids is 1. The molecule has 0 saturated carbocycles. The summed E-state index contributed by atoms with van der Waals surface area (Å²) in [6.45, 7) is 20.6. The van der Waals surface area contributed by atoms with Gasteiger partial charge in [0.1, 0.15) is 54.1 Å². The van der Waals surface area contributed by atoms with Gasteiger partial charge in [-0.2, -0.15) is 0 Å². The average molecular weight is 956 g/mol. The third kappa shape index (κ3) is 24.0. The van der Waals surface area contributed by atoms with Gasteiger partial charge >= 0.3 is 43.0 Å². The number of alkyl halides is 3. The van der Waals surface area contributed by atoms with Gasteiger partial charge in [-0.05, 0) is 92.9 Å². The molecule has 0 aromatic rings. The van der Waals surface area contributed by atoms with Crippen LogP contribution in [0.25, 0.3) is 0 Å². The summed E-state index contributed by atoms with van der Waals surface area (Å²) in [5, 5.41) is 21.8. The van der Waals surface area contributed by atoms with Crippen LogP contribution in [0.15, 0.2) is 0 Å². The molecule has 6 atom stereocenters. The number of carboxylic acid groups (broad SMARTS) is 1. The van der Waals surface area contributed by atoms with E-state index in [1.807, 2.05) is 0 Å². The van der Waals surface area contributed by atoms with Gasteiger partial charge in [0.15, 0.2) is 0 Å². The van der Waals surface area contributed by atoms with Crippen molar-refractivity contribution in [2.45, 2.75) is 160 Å². The van der Waals surface area contributed by atoms with Crippen LogP contribution >= 0.6 is 34.8 Å². The molecule has 0 bridgehead atoms. The van der Waals surface area contributed by atoms with E-state index < -0.39 is 106 Å². The first kappa shape index (κ1) is 61.8. The maximum absolute atomic E-state index is 12.8. The van der Waals surface area contributed by atoms with Gasteiger partial charge in [-0.25, -0.2) is 20.4 Å². The van der Waals surface area contributed by atoms with Crippen molar-refractivity contribution in [3.63, 3.8) is 0 Å². The normalized spacial score (nSPS) is 18.6. The van der Waals surface area contributed by atoms with Crippen LogP contribution in [0.1, 0.15) is 109 Å². The van der Waals surface area contributed by atoms with Crippen LogP contribution in [0.3, 0.4) is 0 Å². The standard InChI is InChI=1S/C20H33Cl3N4O6.C18H32N4O6.Li.H2O/c1-11(2)14(25-18(31)33-19(4,5)6)15(28)24-12(3)16(29)27-9-7-8-13(26-27)17(30)32-10-20(21,22)23;1-10(2)13(20-17(27)28-18(4,5)6)14(23)19-11(3)15(24)22-9-7-8-12(21-22)16(25)26;;/h11-14,26H,7-10H2,1-6H3,(H,24,28)(H,25,31);10-13,21H,7-9H2,1-6H3,(H,19,23)(H,20,27)(H,25,26);;1H2/q;;+1;/p-1/t12-,13-,14-;11-,12-,13-;;/m00../s1. The van der Waals surface area contributed by atoms with Gasteiger partial charge < -0.3 is 46.1 Å². The summed E-state index contributed by atoms with van der Waals surface area (Å²) in [4.78, 5) is 98.1. The minimum absolute atomic E-state index is 0. The minimum Gasteiger partial charge on any atom is -0.870 e. The number of halogens is 3. The predicted molar refractivity (Wildman–Crippen MR) is 228 cm³/mol. The molecule has 0 aromatic heterocycles. The van der Waals surface area contributed by atoms with Crippen molar-refractivity contribution >= 4 is 82.6 Å². The molecule has 2 rings (SSSR count). The van der Waals surface area contributed by atoms with Crippen molar-refractivity contribution in [3.8, 4) is 0 Å². The van der Waals surface area contributed by atoms with Gasteiger partial charge in [0.2, 0.25) is 15.6 Å². The Kier molecular flexibility index (Phi) is 26.7. The zero-order chi connectivity index (χ0) is 47.2. The maximum Gasteiger partial charge on any atom is 1.00 e. The third-order valence-electron chi connectivity index (χ3n) is 8.57. The number of amides is 6. The molecule has 2 aliphatic rings. The molecule has 0 aliphatic carbocycles. The number of alkyl carbamates (subject to hydrolysis) is 2. The summed E-state index contributed by atoms with van der Waals surface area (Å²) in [5.41, 5.74) is 4.03. The molecular weight excluding hydrogens is 890 g/mol. The molecule has 0 aromatic carbocycles. The van der Waals surface area contributed by atoms with Crippen LogP contribution in [0.5, 0.6) is 0 Å². The van der Waals surface area contributed by atoms with Gasteiger partial charge in [0, 0.05) is 13.1 Å². The van der Waals surface area contributed by atoms with Gasteiger partial charge in [-0.3, -0.25) is 38.8 Å². The summed E-state index contributed by atoms with van der Waals surface area (Å²) in [6, 6.07) is -5.25. The fourth-order valence-corrected chi connectivity index (χ4v) is 5.79.